The summed E-state index contributed by atoms with van der Waals surface area (Å²) in [6.45, 7) is 1.72. The van der Waals surface area contributed by atoms with E-state index < -0.39 is 6.03 Å². The minimum absolute atomic E-state index is 0.0661. The van der Waals surface area contributed by atoms with E-state index >= 15 is 0 Å². The van der Waals surface area contributed by atoms with Gasteiger partial charge in [-0.3, -0.25) is 20.4 Å². The van der Waals surface area contributed by atoms with Gasteiger partial charge >= 0.3 is 6.03 Å². The number of carbonyl (C=O) groups excluding carboxylic acids is 2. The minimum Gasteiger partial charge on any atom is -0.348 e. The Labute approximate surface area is 184 Å². The van der Waals surface area contributed by atoms with E-state index in [0.717, 1.165) is 42.8 Å². The summed E-state index contributed by atoms with van der Waals surface area (Å²) in [5.41, 5.74) is 1.43. The van der Waals surface area contributed by atoms with Crippen molar-refractivity contribution in [2.75, 3.05) is 23.7 Å². The van der Waals surface area contributed by atoms with Crippen LogP contribution in [0.3, 0.4) is 0 Å². The van der Waals surface area contributed by atoms with E-state index in [0.29, 0.717) is 16.4 Å². The van der Waals surface area contributed by atoms with Crippen molar-refractivity contribution in [1.29, 1.82) is 0 Å². The molecule has 0 bridgehead atoms. The zero-order chi connectivity index (χ0) is 21.5. The summed E-state index contributed by atoms with van der Waals surface area (Å²) < 4.78 is 0. The van der Waals surface area contributed by atoms with Crippen LogP contribution in [0.2, 0.25) is 0 Å². The Kier molecular flexibility index (Phi) is 6.85. The summed E-state index contributed by atoms with van der Waals surface area (Å²) in [4.78, 5) is 34.5. The molecule has 0 spiro atoms. The van der Waals surface area contributed by atoms with Crippen LogP contribution in [0, 0.1) is 0 Å². The lowest BCUT2D eigenvalue weighted by Crippen LogP contribution is -2.41. The summed E-state index contributed by atoms with van der Waals surface area (Å²) in [6, 6.07) is 11.2. The van der Waals surface area contributed by atoms with Crippen molar-refractivity contribution in [1.82, 2.24) is 20.6 Å². The van der Waals surface area contributed by atoms with Crippen LogP contribution >= 0.6 is 11.3 Å². The van der Waals surface area contributed by atoms with E-state index in [2.05, 4.69) is 31.2 Å². The Morgan fingerprint density at radius 1 is 1.10 bits per heavy atom. The van der Waals surface area contributed by atoms with Crippen LogP contribution in [0.4, 0.5) is 15.6 Å². The molecule has 8 nitrogen and oxygen atoms in total. The second-order valence-corrected chi connectivity index (χ2v) is 8.31. The van der Waals surface area contributed by atoms with Gasteiger partial charge in [-0.2, -0.15) is 0 Å². The van der Waals surface area contributed by atoms with Gasteiger partial charge in [-0.15, -0.1) is 11.3 Å². The fourth-order valence-corrected chi connectivity index (χ4v) is 4.47. The van der Waals surface area contributed by atoms with Crippen LogP contribution in [0.5, 0.6) is 0 Å². The Hall–Kier alpha value is -3.30. The van der Waals surface area contributed by atoms with Gasteiger partial charge in [-0.05, 0) is 31.0 Å². The Bertz CT molecular complexity index is 1020. The van der Waals surface area contributed by atoms with Crippen LogP contribution in [0.1, 0.15) is 29.6 Å². The molecule has 1 fully saturated rings. The highest BCUT2D eigenvalue weighted by molar-refractivity contribution is 7.20. The van der Waals surface area contributed by atoms with Gasteiger partial charge in [0.05, 0.1) is 11.8 Å². The number of hydrogen-bond donors (Lipinski definition) is 4. The third-order valence-corrected chi connectivity index (χ3v) is 6.05. The second kappa shape index (κ2) is 10.1. The molecule has 3 aromatic rings. The number of urea groups is 1. The molecule has 3 amide bonds. The van der Waals surface area contributed by atoms with Crippen molar-refractivity contribution in [2.24, 2.45) is 0 Å². The van der Waals surface area contributed by atoms with Gasteiger partial charge < -0.3 is 10.6 Å². The van der Waals surface area contributed by atoms with Crippen LogP contribution in [0.15, 0.2) is 55.0 Å². The molecule has 1 atom stereocenters. The lowest BCUT2D eigenvalue weighted by Gasteiger charge is -2.16. The van der Waals surface area contributed by atoms with Crippen molar-refractivity contribution >= 4 is 34.1 Å². The molecule has 0 aliphatic carbocycles. The van der Waals surface area contributed by atoms with Crippen LogP contribution < -0.4 is 21.3 Å². The van der Waals surface area contributed by atoms with E-state index in [9.17, 15) is 9.59 Å². The Balaban J connectivity index is 1.55. The molecule has 1 saturated heterocycles. The van der Waals surface area contributed by atoms with Crippen LogP contribution in [-0.4, -0.2) is 41.0 Å². The first kappa shape index (κ1) is 21.0. The van der Waals surface area contributed by atoms with Crippen LogP contribution in [-0.2, 0) is 0 Å². The molecular weight excluding hydrogens is 412 g/mol. The molecule has 4 rings (SSSR count). The maximum atomic E-state index is 13.1. The summed E-state index contributed by atoms with van der Waals surface area (Å²) >= 11 is 1.36. The highest BCUT2D eigenvalue weighted by Gasteiger charge is 2.22. The third kappa shape index (κ3) is 5.65. The Morgan fingerprint density at radius 2 is 1.97 bits per heavy atom. The van der Waals surface area contributed by atoms with Crippen molar-refractivity contribution in [3.05, 3.63) is 60.6 Å². The molecule has 4 N–H and O–H groups in total. The number of nitrogens with one attached hydrogen (secondary N) is 4. The number of anilines is 2. The highest BCUT2D eigenvalue weighted by atomic mass is 32.1. The maximum Gasteiger partial charge on any atom is 0.325 e. The lowest BCUT2D eigenvalue weighted by molar-refractivity contribution is 0.0937. The first-order chi connectivity index (χ1) is 15.2. The molecule has 1 aliphatic rings. The van der Waals surface area contributed by atoms with Gasteiger partial charge in [-0.1, -0.05) is 36.8 Å². The fourth-order valence-electron chi connectivity index (χ4n) is 3.42. The predicted molar refractivity (Wildman–Crippen MR) is 122 cm³/mol. The zero-order valence-corrected chi connectivity index (χ0v) is 17.7. The normalized spacial score (nSPS) is 16.2. The molecule has 160 valence electrons. The van der Waals surface area contributed by atoms with E-state index in [1.807, 2.05) is 36.4 Å². The van der Waals surface area contributed by atoms with E-state index in [4.69, 9.17) is 0 Å². The van der Waals surface area contributed by atoms with Gasteiger partial charge in [0, 0.05) is 29.9 Å². The number of aromatic nitrogens is 2. The molecule has 0 saturated carbocycles. The monoisotopic (exact) mass is 436 g/mol. The highest BCUT2D eigenvalue weighted by Crippen LogP contribution is 2.35. The first-order valence-corrected chi connectivity index (χ1v) is 11.1. The van der Waals surface area contributed by atoms with E-state index in [1.165, 1.54) is 29.9 Å². The zero-order valence-electron chi connectivity index (χ0n) is 16.9. The van der Waals surface area contributed by atoms with Gasteiger partial charge in [-0.25, -0.2) is 9.78 Å². The number of thiophene rings is 1. The SMILES string of the molecule is O=C(Nc1cnccn1)Nc1sc(-c2ccccc2)cc1C(=O)N[C@H]1CCCCNC1. The summed E-state index contributed by atoms with van der Waals surface area (Å²) in [7, 11) is 0. The smallest absolute Gasteiger partial charge is 0.325 e. The number of nitrogens with zero attached hydrogens (tertiary/aromatic N) is 2. The quantitative estimate of drug-likeness (QED) is 0.488. The molecule has 2 aromatic heterocycles. The summed E-state index contributed by atoms with van der Waals surface area (Å²) in [5.74, 6) is 0.136. The summed E-state index contributed by atoms with van der Waals surface area (Å²) in [6.07, 6.45) is 7.59. The van der Waals surface area contributed by atoms with Gasteiger partial charge in [0.25, 0.3) is 5.91 Å². The number of benzene rings is 1. The first-order valence-electron chi connectivity index (χ1n) is 10.2. The maximum absolute atomic E-state index is 13.1. The molecule has 1 aromatic carbocycles. The second-order valence-electron chi connectivity index (χ2n) is 7.26. The molecule has 3 heterocycles. The average molecular weight is 437 g/mol. The van der Waals surface area contributed by atoms with Gasteiger partial charge in [0.15, 0.2) is 5.82 Å². The molecule has 1 aliphatic heterocycles. The number of carbonyl (C=O) groups is 2. The molecule has 9 heteroatoms. The van der Waals surface area contributed by atoms with Gasteiger partial charge in [0.1, 0.15) is 5.00 Å². The fraction of sp³-hybridized carbons (Fsp3) is 0.273. The standard InChI is InChI=1S/C22H24N6O2S/c29-20(26-16-8-4-5-9-23-13-16)17-12-18(15-6-2-1-3-7-15)31-21(17)28-22(30)27-19-14-24-10-11-25-19/h1-3,6-7,10-12,14,16,23H,4-5,8-9,13H2,(H,26,29)(H2,25,27,28,30)/t16-/m0/s1. The van der Waals surface area contributed by atoms with Crippen LogP contribution in [0.25, 0.3) is 10.4 Å². The number of hydrogen-bond acceptors (Lipinski definition) is 6. The average Bonchev–Trinajstić information content (AvgIpc) is 3.03. The number of rotatable bonds is 5. The van der Waals surface area contributed by atoms with E-state index in [-0.39, 0.29) is 11.9 Å². The van der Waals surface area contributed by atoms with Crippen molar-refractivity contribution in [2.45, 2.75) is 25.3 Å². The van der Waals surface area contributed by atoms with Gasteiger partial charge in [0.2, 0.25) is 0 Å². The molecule has 0 unspecified atom stereocenters. The topological polar surface area (TPSA) is 108 Å². The molecule has 31 heavy (non-hydrogen) atoms. The van der Waals surface area contributed by atoms with Crippen molar-refractivity contribution in [3.63, 3.8) is 0 Å². The molecular formula is C22H24N6O2S. The lowest BCUT2D eigenvalue weighted by atomic mass is 10.1. The Morgan fingerprint density at radius 3 is 2.77 bits per heavy atom. The molecule has 0 radical (unpaired) electrons. The van der Waals surface area contributed by atoms with Crippen molar-refractivity contribution in [3.8, 4) is 10.4 Å². The summed E-state index contributed by atoms with van der Waals surface area (Å²) in [5, 5.41) is 12.4. The minimum atomic E-state index is -0.479. The number of amides is 3. The predicted octanol–water partition coefficient (Wildman–Crippen LogP) is 3.72. The largest absolute Gasteiger partial charge is 0.348 e. The van der Waals surface area contributed by atoms with E-state index in [1.54, 1.807) is 0 Å². The van der Waals surface area contributed by atoms with Crippen molar-refractivity contribution < 1.29 is 9.59 Å². The third-order valence-electron chi connectivity index (χ3n) is 4.95.